The lowest BCUT2D eigenvalue weighted by Gasteiger charge is -2.05. The minimum Gasteiger partial charge on any atom is -0.477 e. The highest BCUT2D eigenvalue weighted by Crippen LogP contribution is 2.25. The van der Waals surface area contributed by atoms with Crippen molar-refractivity contribution in [3.63, 3.8) is 0 Å². The number of nitrogens with zero attached hydrogens (tertiary/aromatic N) is 1. The molecular weight excluding hydrogens is 204 g/mol. The van der Waals surface area contributed by atoms with Crippen LogP contribution in [-0.2, 0) is 0 Å². The Labute approximate surface area is 93.0 Å². The van der Waals surface area contributed by atoms with Gasteiger partial charge < -0.3 is 10.1 Å². The highest BCUT2D eigenvalue weighted by Gasteiger charge is 2.15. The van der Waals surface area contributed by atoms with Gasteiger partial charge in [-0.25, -0.2) is 9.78 Å². The van der Waals surface area contributed by atoms with E-state index >= 15 is 0 Å². The number of rotatable bonds is 2. The molecule has 2 N–H and O–H groups in total. The predicted molar refractivity (Wildman–Crippen MR) is 60.5 cm³/mol. The van der Waals surface area contributed by atoms with Gasteiger partial charge in [0.1, 0.15) is 5.69 Å². The molecule has 82 valence electrons. The molecule has 0 aliphatic carbocycles. The van der Waals surface area contributed by atoms with Crippen LogP contribution in [0.25, 0.3) is 11.3 Å². The highest BCUT2D eigenvalue weighted by molar-refractivity contribution is 5.93. The third-order valence-corrected chi connectivity index (χ3v) is 2.50. The van der Waals surface area contributed by atoms with Crippen LogP contribution in [0.5, 0.6) is 0 Å². The number of carboxylic acid groups (broad SMARTS) is 1. The van der Waals surface area contributed by atoms with Crippen LogP contribution in [-0.4, -0.2) is 21.0 Å². The molecule has 0 spiro atoms. The quantitative estimate of drug-likeness (QED) is 0.810. The molecule has 2 aromatic rings. The van der Waals surface area contributed by atoms with E-state index in [4.69, 9.17) is 5.11 Å². The van der Waals surface area contributed by atoms with E-state index in [0.717, 1.165) is 16.7 Å². The molecule has 1 aromatic heterocycles. The zero-order valence-corrected chi connectivity index (χ0v) is 9.11. The van der Waals surface area contributed by atoms with E-state index in [9.17, 15) is 4.79 Å². The van der Waals surface area contributed by atoms with Crippen molar-refractivity contribution in [2.24, 2.45) is 0 Å². The first-order valence-electron chi connectivity index (χ1n) is 4.94. The average Bonchev–Trinajstić information content (AvgIpc) is 2.70. The lowest BCUT2D eigenvalue weighted by atomic mass is 10.0. The summed E-state index contributed by atoms with van der Waals surface area (Å²) >= 11 is 0. The number of hydrogen-bond acceptors (Lipinski definition) is 2. The van der Waals surface area contributed by atoms with Crippen LogP contribution in [0, 0.1) is 13.8 Å². The molecule has 4 nitrogen and oxygen atoms in total. The zero-order chi connectivity index (χ0) is 11.7. The Hall–Kier alpha value is -2.10. The van der Waals surface area contributed by atoms with Crippen LogP contribution in [0.4, 0.5) is 0 Å². The fraction of sp³-hybridized carbons (Fsp3) is 0.167. The van der Waals surface area contributed by atoms with Crippen LogP contribution in [0.1, 0.15) is 21.6 Å². The monoisotopic (exact) mass is 216 g/mol. The van der Waals surface area contributed by atoms with Crippen molar-refractivity contribution in [2.75, 3.05) is 0 Å². The number of carbonyl (C=O) groups is 1. The summed E-state index contributed by atoms with van der Waals surface area (Å²) in [5.74, 6) is -0.992. The van der Waals surface area contributed by atoms with E-state index in [1.54, 1.807) is 0 Å². The third-order valence-electron chi connectivity index (χ3n) is 2.50. The van der Waals surface area contributed by atoms with Gasteiger partial charge in [0.2, 0.25) is 0 Å². The number of H-pyrrole nitrogens is 1. The number of aromatic nitrogens is 2. The summed E-state index contributed by atoms with van der Waals surface area (Å²) < 4.78 is 0. The van der Waals surface area contributed by atoms with Crippen molar-refractivity contribution in [3.05, 3.63) is 41.3 Å². The standard InChI is InChI=1S/C12H12N2O2/c1-7-3-4-8(2)9(5-7)10-11(12(15)16)14-6-13-10/h3-6H,1-2H3,(H,13,14)(H,15,16). The normalized spacial score (nSPS) is 10.4. The minimum absolute atomic E-state index is 0.133. The molecule has 2 rings (SSSR count). The molecule has 0 atom stereocenters. The van der Waals surface area contributed by atoms with E-state index in [2.05, 4.69) is 9.97 Å². The second kappa shape index (κ2) is 3.81. The van der Waals surface area contributed by atoms with Crippen LogP contribution >= 0.6 is 0 Å². The van der Waals surface area contributed by atoms with Crippen LogP contribution in [0.15, 0.2) is 24.5 Å². The number of aromatic amines is 1. The Morgan fingerprint density at radius 1 is 1.38 bits per heavy atom. The average molecular weight is 216 g/mol. The second-order valence-corrected chi connectivity index (χ2v) is 3.75. The number of nitrogens with one attached hydrogen (secondary N) is 1. The van der Waals surface area contributed by atoms with Gasteiger partial charge in [-0.1, -0.05) is 17.7 Å². The molecular formula is C12H12N2O2. The summed E-state index contributed by atoms with van der Waals surface area (Å²) in [6.07, 6.45) is 1.40. The Morgan fingerprint density at radius 2 is 2.12 bits per heavy atom. The molecule has 0 aliphatic heterocycles. The predicted octanol–water partition coefficient (Wildman–Crippen LogP) is 2.39. The lowest BCUT2D eigenvalue weighted by molar-refractivity contribution is 0.0692. The van der Waals surface area contributed by atoms with Gasteiger partial charge in [0.15, 0.2) is 5.69 Å². The van der Waals surface area contributed by atoms with Gasteiger partial charge in [0.05, 0.1) is 6.33 Å². The fourth-order valence-corrected chi connectivity index (χ4v) is 1.65. The number of imidazole rings is 1. The summed E-state index contributed by atoms with van der Waals surface area (Å²) in [4.78, 5) is 17.7. The molecule has 0 radical (unpaired) electrons. The Bertz CT molecular complexity index is 544. The Kier molecular flexibility index (Phi) is 2.48. The Balaban J connectivity index is 2.62. The van der Waals surface area contributed by atoms with E-state index in [1.807, 2.05) is 32.0 Å². The topological polar surface area (TPSA) is 66.0 Å². The van der Waals surface area contributed by atoms with Gasteiger partial charge in [0, 0.05) is 5.56 Å². The first-order chi connectivity index (χ1) is 7.59. The van der Waals surface area contributed by atoms with Crippen molar-refractivity contribution in [3.8, 4) is 11.3 Å². The number of aromatic carboxylic acids is 1. The molecule has 0 aliphatic rings. The maximum atomic E-state index is 11.0. The minimum atomic E-state index is -0.992. The molecule has 0 bridgehead atoms. The number of carboxylic acids is 1. The van der Waals surface area contributed by atoms with Gasteiger partial charge in [0.25, 0.3) is 0 Å². The first kappa shape index (κ1) is 10.4. The SMILES string of the molecule is Cc1ccc(C)c(-c2nc[nH]c2C(=O)O)c1. The second-order valence-electron chi connectivity index (χ2n) is 3.75. The lowest BCUT2D eigenvalue weighted by Crippen LogP contribution is -2.00. The van der Waals surface area contributed by atoms with Gasteiger partial charge in [-0.2, -0.15) is 0 Å². The molecule has 1 aromatic carbocycles. The Morgan fingerprint density at radius 3 is 2.81 bits per heavy atom. The molecule has 0 unspecified atom stereocenters. The van der Waals surface area contributed by atoms with Crippen molar-refractivity contribution >= 4 is 5.97 Å². The summed E-state index contributed by atoms with van der Waals surface area (Å²) in [6, 6.07) is 5.90. The smallest absolute Gasteiger partial charge is 0.354 e. The van der Waals surface area contributed by atoms with E-state index in [1.165, 1.54) is 6.33 Å². The molecule has 0 saturated carbocycles. The molecule has 0 saturated heterocycles. The zero-order valence-electron chi connectivity index (χ0n) is 9.11. The summed E-state index contributed by atoms with van der Waals surface area (Å²) in [6.45, 7) is 3.91. The van der Waals surface area contributed by atoms with Crippen LogP contribution < -0.4 is 0 Å². The van der Waals surface area contributed by atoms with Gasteiger partial charge in [-0.3, -0.25) is 0 Å². The third kappa shape index (κ3) is 1.69. The number of benzene rings is 1. The largest absolute Gasteiger partial charge is 0.477 e. The van der Waals surface area contributed by atoms with Gasteiger partial charge >= 0.3 is 5.97 Å². The van der Waals surface area contributed by atoms with Gasteiger partial charge in [-0.05, 0) is 25.5 Å². The van der Waals surface area contributed by atoms with Crippen molar-refractivity contribution < 1.29 is 9.90 Å². The summed E-state index contributed by atoms with van der Waals surface area (Å²) in [5, 5.41) is 9.00. The maximum Gasteiger partial charge on any atom is 0.354 e. The molecule has 0 amide bonds. The highest BCUT2D eigenvalue weighted by atomic mass is 16.4. The molecule has 16 heavy (non-hydrogen) atoms. The fourth-order valence-electron chi connectivity index (χ4n) is 1.65. The van der Waals surface area contributed by atoms with E-state index in [0.29, 0.717) is 5.69 Å². The summed E-state index contributed by atoms with van der Waals surface area (Å²) in [7, 11) is 0. The van der Waals surface area contributed by atoms with Crippen molar-refractivity contribution in [1.29, 1.82) is 0 Å². The first-order valence-corrected chi connectivity index (χ1v) is 4.94. The molecule has 4 heteroatoms. The van der Waals surface area contributed by atoms with E-state index in [-0.39, 0.29) is 5.69 Å². The molecule has 1 heterocycles. The van der Waals surface area contributed by atoms with Crippen molar-refractivity contribution in [2.45, 2.75) is 13.8 Å². The molecule has 0 fully saturated rings. The number of hydrogen-bond donors (Lipinski definition) is 2. The van der Waals surface area contributed by atoms with E-state index < -0.39 is 5.97 Å². The van der Waals surface area contributed by atoms with Crippen LogP contribution in [0.3, 0.4) is 0 Å². The van der Waals surface area contributed by atoms with Gasteiger partial charge in [-0.15, -0.1) is 0 Å². The maximum absolute atomic E-state index is 11.0. The van der Waals surface area contributed by atoms with Crippen molar-refractivity contribution in [1.82, 2.24) is 9.97 Å². The summed E-state index contributed by atoms with van der Waals surface area (Å²) in [5.41, 5.74) is 3.58. The van der Waals surface area contributed by atoms with Crippen LogP contribution in [0.2, 0.25) is 0 Å². The number of aryl methyl sites for hydroxylation is 2.